The molecule has 1 heterocycles. The molecule has 0 atom stereocenters. The van der Waals surface area contributed by atoms with Gasteiger partial charge in [0, 0.05) is 0 Å². The van der Waals surface area contributed by atoms with Gasteiger partial charge in [0.05, 0.1) is 16.2 Å². The lowest BCUT2D eigenvalue weighted by molar-refractivity contribution is -0.113. The molecule has 0 radical (unpaired) electrons. The smallest absolute Gasteiger partial charge is 0.335 e. The Bertz CT molecular complexity index is 904. The highest BCUT2D eigenvalue weighted by molar-refractivity contribution is 8.27. The molecule has 25 heavy (non-hydrogen) atoms. The molecule has 0 aliphatic carbocycles. The molecule has 1 fully saturated rings. The Labute approximate surface area is 154 Å². The lowest BCUT2D eigenvalue weighted by Crippen LogP contribution is -2.27. The summed E-state index contributed by atoms with van der Waals surface area (Å²) in [6.07, 6.45) is 5.42. The lowest BCUT2D eigenvalue weighted by Gasteiger charge is -2.14. The highest BCUT2D eigenvalue weighted by atomic mass is 32.2. The maximum absolute atomic E-state index is 12.6. The first-order chi connectivity index (χ1) is 12.1. The molecule has 0 saturated carbocycles. The largest absolute Gasteiger partial charge is 0.478 e. The average molecular weight is 367 g/mol. The van der Waals surface area contributed by atoms with E-state index in [0.717, 1.165) is 5.56 Å². The molecule has 1 saturated heterocycles. The molecule has 3 rings (SSSR count). The van der Waals surface area contributed by atoms with E-state index < -0.39 is 5.97 Å². The Morgan fingerprint density at radius 1 is 1.12 bits per heavy atom. The number of carboxylic acid groups (broad SMARTS) is 1. The summed E-state index contributed by atoms with van der Waals surface area (Å²) in [6, 6.07) is 15.9. The van der Waals surface area contributed by atoms with Crippen molar-refractivity contribution in [1.82, 2.24) is 0 Å². The van der Waals surface area contributed by atoms with Gasteiger partial charge in [0.15, 0.2) is 4.32 Å². The van der Waals surface area contributed by atoms with Gasteiger partial charge in [-0.25, -0.2) is 4.79 Å². The third kappa shape index (κ3) is 3.87. The third-order valence-electron chi connectivity index (χ3n) is 3.48. The molecule has 0 bridgehead atoms. The van der Waals surface area contributed by atoms with Crippen LogP contribution in [0.1, 0.15) is 15.9 Å². The molecule has 1 N–H and O–H groups in total. The number of carbonyl (C=O) groups is 2. The summed E-state index contributed by atoms with van der Waals surface area (Å²) in [4.78, 5) is 25.6. The summed E-state index contributed by atoms with van der Waals surface area (Å²) in [7, 11) is 0. The Morgan fingerprint density at radius 2 is 1.88 bits per heavy atom. The van der Waals surface area contributed by atoms with Crippen molar-refractivity contribution in [1.29, 1.82) is 0 Å². The minimum Gasteiger partial charge on any atom is -0.478 e. The first kappa shape index (κ1) is 17.1. The fourth-order valence-electron chi connectivity index (χ4n) is 2.29. The molecule has 2 aromatic rings. The van der Waals surface area contributed by atoms with E-state index in [1.807, 2.05) is 36.4 Å². The van der Waals surface area contributed by atoms with Gasteiger partial charge in [-0.15, -0.1) is 0 Å². The molecule has 0 unspecified atom stereocenters. The normalized spacial score (nSPS) is 16.2. The Morgan fingerprint density at radius 3 is 2.60 bits per heavy atom. The molecule has 124 valence electrons. The third-order valence-corrected chi connectivity index (χ3v) is 4.80. The number of benzene rings is 2. The van der Waals surface area contributed by atoms with Crippen LogP contribution in [0.5, 0.6) is 0 Å². The Hall–Kier alpha value is -2.70. The quantitative estimate of drug-likeness (QED) is 0.643. The van der Waals surface area contributed by atoms with Crippen molar-refractivity contribution < 1.29 is 14.7 Å². The topological polar surface area (TPSA) is 57.6 Å². The Kier molecular flexibility index (Phi) is 5.11. The van der Waals surface area contributed by atoms with Gasteiger partial charge in [-0.05, 0) is 29.8 Å². The number of rotatable bonds is 4. The number of hydrogen-bond acceptors (Lipinski definition) is 4. The summed E-state index contributed by atoms with van der Waals surface area (Å²) in [6.45, 7) is 0. The van der Waals surface area contributed by atoms with Gasteiger partial charge in [-0.1, -0.05) is 72.5 Å². The minimum atomic E-state index is -1.05. The van der Waals surface area contributed by atoms with Crippen molar-refractivity contribution in [3.63, 3.8) is 0 Å². The van der Waals surface area contributed by atoms with Crippen LogP contribution < -0.4 is 4.90 Å². The van der Waals surface area contributed by atoms with E-state index in [4.69, 9.17) is 17.3 Å². The zero-order chi connectivity index (χ0) is 17.8. The first-order valence-corrected chi connectivity index (χ1v) is 8.62. The lowest BCUT2D eigenvalue weighted by atomic mass is 10.2. The molecule has 4 nitrogen and oxygen atoms in total. The number of carboxylic acids is 1. The van der Waals surface area contributed by atoms with E-state index in [0.29, 0.717) is 14.9 Å². The zero-order valence-electron chi connectivity index (χ0n) is 13.0. The van der Waals surface area contributed by atoms with E-state index >= 15 is 0 Å². The molecule has 1 aliphatic heterocycles. The molecular formula is C19H13NO3S2. The summed E-state index contributed by atoms with van der Waals surface area (Å²) in [5.74, 6) is -1.30. The van der Waals surface area contributed by atoms with Crippen LogP contribution in [0.2, 0.25) is 0 Å². The predicted octanol–water partition coefficient (Wildman–Crippen LogP) is 4.35. The number of carbonyl (C=O) groups excluding carboxylic acids is 1. The van der Waals surface area contributed by atoms with E-state index in [1.165, 1.54) is 28.8 Å². The van der Waals surface area contributed by atoms with Crippen molar-refractivity contribution in [2.45, 2.75) is 0 Å². The minimum absolute atomic E-state index is 0.111. The predicted molar refractivity (Wildman–Crippen MR) is 105 cm³/mol. The van der Waals surface area contributed by atoms with Crippen molar-refractivity contribution in [3.05, 3.63) is 82.8 Å². The number of nitrogens with zero attached hydrogens (tertiary/aromatic N) is 1. The second kappa shape index (κ2) is 7.46. The first-order valence-electron chi connectivity index (χ1n) is 7.39. The van der Waals surface area contributed by atoms with Gasteiger partial charge in [0.25, 0.3) is 5.91 Å². The maximum Gasteiger partial charge on any atom is 0.335 e. The van der Waals surface area contributed by atoms with E-state index in [2.05, 4.69) is 0 Å². The van der Waals surface area contributed by atoms with Crippen LogP contribution in [-0.2, 0) is 4.79 Å². The van der Waals surface area contributed by atoms with Gasteiger partial charge in [0.2, 0.25) is 0 Å². The zero-order valence-corrected chi connectivity index (χ0v) is 14.6. The Balaban J connectivity index is 1.83. The van der Waals surface area contributed by atoms with Crippen molar-refractivity contribution in [3.8, 4) is 0 Å². The van der Waals surface area contributed by atoms with Gasteiger partial charge in [0.1, 0.15) is 0 Å². The van der Waals surface area contributed by atoms with E-state index in [9.17, 15) is 9.59 Å². The molecule has 0 spiro atoms. The number of anilines is 1. The standard InChI is InChI=1S/C19H13NO3S2/c21-17-16(11-4-8-13-6-2-1-3-7-13)25-19(24)20(17)15-10-5-9-14(12-15)18(22)23/h1-12H,(H,22,23)/b8-4-,16-11-. The second-order valence-corrected chi connectivity index (χ2v) is 6.84. The molecule has 1 aliphatic rings. The fourth-order valence-corrected chi connectivity index (χ4v) is 3.54. The van der Waals surface area contributed by atoms with Crippen LogP contribution in [0.4, 0.5) is 5.69 Å². The van der Waals surface area contributed by atoms with Crippen molar-refractivity contribution >= 4 is 51.9 Å². The number of allylic oxidation sites excluding steroid dienone is 2. The van der Waals surface area contributed by atoms with Crippen molar-refractivity contribution in [2.24, 2.45) is 0 Å². The number of hydrogen-bond donors (Lipinski definition) is 1. The average Bonchev–Trinajstić information content (AvgIpc) is 2.90. The summed E-state index contributed by atoms with van der Waals surface area (Å²) in [5.41, 5.74) is 1.60. The maximum atomic E-state index is 12.6. The summed E-state index contributed by atoms with van der Waals surface area (Å²) >= 11 is 6.48. The molecular weight excluding hydrogens is 354 g/mol. The second-order valence-electron chi connectivity index (χ2n) is 5.16. The van der Waals surface area contributed by atoms with E-state index in [-0.39, 0.29) is 11.5 Å². The highest BCUT2D eigenvalue weighted by Crippen LogP contribution is 2.35. The molecule has 2 aromatic carbocycles. The SMILES string of the molecule is O=C(O)c1cccc(N2C(=O)/C(=C/C=C\c3ccccc3)SC2=S)c1. The van der Waals surface area contributed by atoms with Crippen molar-refractivity contribution in [2.75, 3.05) is 4.90 Å². The van der Waals surface area contributed by atoms with Gasteiger partial charge in [-0.2, -0.15) is 0 Å². The number of amides is 1. The molecule has 6 heteroatoms. The van der Waals surface area contributed by atoms with Crippen LogP contribution in [0.25, 0.3) is 6.08 Å². The summed E-state index contributed by atoms with van der Waals surface area (Å²) < 4.78 is 0.381. The van der Waals surface area contributed by atoms with Crippen LogP contribution in [-0.4, -0.2) is 21.3 Å². The van der Waals surface area contributed by atoms with Crippen LogP contribution in [0.15, 0.2) is 71.7 Å². The summed E-state index contributed by atoms with van der Waals surface area (Å²) in [5, 5.41) is 9.10. The highest BCUT2D eigenvalue weighted by Gasteiger charge is 2.33. The van der Waals surface area contributed by atoms with Gasteiger partial charge in [-0.3, -0.25) is 9.69 Å². The van der Waals surface area contributed by atoms with Crippen LogP contribution in [0.3, 0.4) is 0 Å². The van der Waals surface area contributed by atoms with Crippen LogP contribution >= 0.6 is 24.0 Å². The van der Waals surface area contributed by atoms with Crippen LogP contribution in [0, 0.1) is 0 Å². The molecule has 1 amide bonds. The fraction of sp³-hybridized carbons (Fsp3) is 0. The van der Waals surface area contributed by atoms with Gasteiger partial charge >= 0.3 is 5.97 Å². The van der Waals surface area contributed by atoms with E-state index in [1.54, 1.807) is 24.3 Å². The van der Waals surface area contributed by atoms with Gasteiger partial charge < -0.3 is 5.11 Å². The number of aromatic carboxylic acids is 1. The number of thiocarbonyl (C=S) groups is 1. The molecule has 0 aromatic heterocycles. The number of thioether (sulfide) groups is 1. The monoisotopic (exact) mass is 367 g/mol.